The molecule has 0 saturated heterocycles. The van der Waals surface area contributed by atoms with Crippen LogP contribution in [0.4, 0.5) is 34.1 Å². The van der Waals surface area contributed by atoms with Crippen molar-refractivity contribution < 1.29 is 9.53 Å². The van der Waals surface area contributed by atoms with Gasteiger partial charge in [0, 0.05) is 45.3 Å². The van der Waals surface area contributed by atoms with E-state index < -0.39 is 5.97 Å². The van der Waals surface area contributed by atoms with Gasteiger partial charge in [0.1, 0.15) is 0 Å². The van der Waals surface area contributed by atoms with E-state index in [1.54, 1.807) is 0 Å². The van der Waals surface area contributed by atoms with Crippen LogP contribution in [0.2, 0.25) is 0 Å². The minimum absolute atomic E-state index is 0.145. The lowest BCUT2D eigenvalue weighted by Crippen LogP contribution is -2.10. The zero-order chi connectivity index (χ0) is 32.7. The largest absolute Gasteiger partial charge is 0.464 e. The van der Waals surface area contributed by atoms with E-state index in [9.17, 15) is 4.79 Å². The molecule has 0 bridgehead atoms. The SMILES string of the molecule is COC(=O)c1cnc(-c2ccc(N(c3ccccc3)c3ccccc3)cc2)c(-c2ccc(N(c3ccccc3)c3ccccc3)cc2)n1. The highest BCUT2D eigenvalue weighted by molar-refractivity contribution is 5.90. The van der Waals surface area contributed by atoms with Crippen molar-refractivity contribution in [3.05, 3.63) is 182 Å². The van der Waals surface area contributed by atoms with Gasteiger partial charge in [-0.15, -0.1) is 0 Å². The van der Waals surface area contributed by atoms with E-state index in [1.165, 1.54) is 13.3 Å². The van der Waals surface area contributed by atoms with E-state index in [-0.39, 0.29) is 5.69 Å². The summed E-state index contributed by atoms with van der Waals surface area (Å²) in [5.74, 6) is -0.539. The summed E-state index contributed by atoms with van der Waals surface area (Å²) in [6.07, 6.45) is 1.47. The van der Waals surface area contributed by atoms with Gasteiger partial charge in [0.15, 0.2) is 5.69 Å². The number of nitrogens with zero attached hydrogens (tertiary/aromatic N) is 4. The number of methoxy groups -OCH3 is 1. The maximum atomic E-state index is 12.6. The number of carbonyl (C=O) groups excluding carboxylic acids is 1. The fourth-order valence-electron chi connectivity index (χ4n) is 5.74. The Morgan fingerprint density at radius 1 is 0.458 bits per heavy atom. The normalized spacial score (nSPS) is 10.7. The maximum Gasteiger partial charge on any atom is 0.358 e. The molecule has 7 rings (SSSR count). The third-order valence-electron chi connectivity index (χ3n) is 8.02. The van der Waals surface area contributed by atoms with Crippen molar-refractivity contribution in [2.75, 3.05) is 16.9 Å². The van der Waals surface area contributed by atoms with Crippen LogP contribution < -0.4 is 9.80 Å². The minimum Gasteiger partial charge on any atom is -0.464 e. The Morgan fingerprint density at radius 2 is 0.792 bits per heavy atom. The number of hydrogen-bond donors (Lipinski definition) is 0. The molecule has 0 N–H and O–H groups in total. The Balaban J connectivity index is 1.28. The zero-order valence-corrected chi connectivity index (χ0v) is 26.3. The lowest BCUT2D eigenvalue weighted by molar-refractivity contribution is 0.0593. The summed E-state index contributed by atoms with van der Waals surface area (Å²) in [5, 5.41) is 0. The molecule has 0 radical (unpaired) electrons. The van der Waals surface area contributed by atoms with Crippen LogP contribution in [0.5, 0.6) is 0 Å². The maximum absolute atomic E-state index is 12.6. The summed E-state index contributed by atoms with van der Waals surface area (Å²) in [6.45, 7) is 0. The summed E-state index contributed by atoms with van der Waals surface area (Å²) in [6, 6.07) is 57.5. The highest BCUT2D eigenvalue weighted by Gasteiger charge is 2.19. The summed E-state index contributed by atoms with van der Waals surface area (Å²) >= 11 is 0. The lowest BCUT2D eigenvalue weighted by Gasteiger charge is -2.26. The first-order valence-electron chi connectivity index (χ1n) is 15.7. The van der Waals surface area contributed by atoms with E-state index in [1.807, 2.05) is 97.1 Å². The molecule has 0 aliphatic carbocycles. The molecule has 6 aromatic carbocycles. The van der Waals surface area contributed by atoms with Crippen molar-refractivity contribution in [3.63, 3.8) is 0 Å². The van der Waals surface area contributed by atoms with Crippen molar-refractivity contribution in [2.24, 2.45) is 0 Å². The highest BCUT2D eigenvalue weighted by atomic mass is 16.5. The summed E-state index contributed by atoms with van der Waals surface area (Å²) in [4.78, 5) is 26.5. The molecule has 0 spiro atoms. The van der Waals surface area contributed by atoms with Crippen molar-refractivity contribution in [1.82, 2.24) is 9.97 Å². The molecule has 7 aromatic rings. The lowest BCUT2D eigenvalue weighted by atomic mass is 10.0. The zero-order valence-electron chi connectivity index (χ0n) is 26.3. The first-order chi connectivity index (χ1) is 23.7. The second-order valence-corrected chi connectivity index (χ2v) is 11.1. The molecule has 1 heterocycles. The van der Waals surface area contributed by atoms with Crippen molar-refractivity contribution in [1.29, 1.82) is 0 Å². The molecule has 6 heteroatoms. The fraction of sp³-hybridized carbons (Fsp3) is 0.0238. The Bertz CT molecular complexity index is 2030. The average molecular weight is 625 g/mol. The first-order valence-corrected chi connectivity index (χ1v) is 15.7. The molecule has 0 aliphatic heterocycles. The number of para-hydroxylation sites is 4. The van der Waals surface area contributed by atoms with E-state index in [0.717, 1.165) is 45.3 Å². The van der Waals surface area contributed by atoms with Gasteiger partial charge in [-0.3, -0.25) is 4.98 Å². The molecule has 0 aliphatic rings. The summed E-state index contributed by atoms with van der Waals surface area (Å²) in [5.41, 5.74) is 9.29. The predicted octanol–water partition coefficient (Wildman–Crippen LogP) is 10.5. The van der Waals surface area contributed by atoms with E-state index in [0.29, 0.717) is 11.4 Å². The fourth-order valence-corrected chi connectivity index (χ4v) is 5.74. The molecule has 0 amide bonds. The average Bonchev–Trinajstić information content (AvgIpc) is 3.17. The van der Waals surface area contributed by atoms with Crippen LogP contribution in [0.25, 0.3) is 22.5 Å². The Kier molecular flexibility index (Phi) is 8.70. The summed E-state index contributed by atoms with van der Waals surface area (Å²) < 4.78 is 4.99. The number of ether oxygens (including phenoxy) is 1. The van der Waals surface area contributed by atoms with E-state index in [2.05, 4.69) is 82.6 Å². The molecule has 232 valence electrons. The number of anilines is 6. The molecule has 1 aromatic heterocycles. The Morgan fingerprint density at radius 3 is 1.15 bits per heavy atom. The molecule has 48 heavy (non-hydrogen) atoms. The number of esters is 1. The Labute approximate surface area is 280 Å². The molecule has 0 atom stereocenters. The van der Waals surface area contributed by atoms with Gasteiger partial charge in [-0.2, -0.15) is 0 Å². The van der Waals surface area contributed by atoms with Crippen LogP contribution in [0, 0.1) is 0 Å². The smallest absolute Gasteiger partial charge is 0.358 e. The number of rotatable bonds is 9. The van der Waals surface area contributed by atoms with Crippen LogP contribution in [-0.4, -0.2) is 23.0 Å². The topological polar surface area (TPSA) is 58.6 Å². The minimum atomic E-state index is -0.539. The molecule has 0 unspecified atom stereocenters. The number of carbonyl (C=O) groups is 1. The third-order valence-corrected chi connectivity index (χ3v) is 8.02. The van der Waals surface area contributed by atoms with Gasteiger partial charge in [-0.1, -0.05) is 97.1 Å². The molecular formula is C42H32N4O2. The molecular weight excluding hydrogens is 592 g/mol. The second kappa shape index (κ2) is 13.8. The third kappa shape index (κ3) is 6.28. The number of aromatic nitrogens is 2. The van der Waals surface area contributed by atoms with Crippen molar-refractivity contribution in [2.45, 2.75) is 0 Å². The summed E-state index contributed by atoms with van der Waals surface area (Å²) in [7, 11) is 1.35. The second-order valence-electron chi connectivity index (χ2n) is 11.1. The highest BCUT2D eigenvalue weighted by Crippen LogP contribution is 2.38. The van der Waals surface area contributed by atoms with E-state index in [4.69, 9.17) is 14.7 Å². The molecule has 6 nitrogen and oxygen atoms in total. The van der Waals surface area contributed by atoms with Gasteiger partial charge < -0.3 is 14.5 Å². The van der Waals surface area contributed by atoms with Gasteiger partial charge in [-0.25, -0.2) is 9.78 Å². The monoisotopic (exact) mass is 624 g/mol. The first kappa shape index (κ1) is 30.1. The van der Waals surface area contributed by atoms with Gasteiger partial charge in [0.2, 0.25) is 0 Å². The van der Waals surface area contributed by atoms with Crippen LogP contribution in [0.15, 0.2) is 176 Å². The van der Waals surface area contributed by atoms with Crippen LogP contribution in [0.3, 0.4) is 0 Å². The van der Waals surface area contributed by atoms with Gasteiger partial charge in [0.05, 0.1) is 24.7 Å². The number of hydrogen-bond acceptors (Lipinski definition) is 6. The predicted molar refractivity (Wildman–Crippen MR) is 194 cm³/mol. The van der Waals surface area contributed by atoms with Crippen molar-refractivity contribution >= 4 is 40.1 Å². The van der Waals surface area contributed by atoms with Crippen LogP contribution in [0.1, 0.15) is 10.5 Å². The van der Waals surface area contributed by atoms with Gasteiger partial charge in [-0.05, 0) is 72.8 Å². The Hall–Kier alpha value is -6.53. The van der Waals surface area contributed by atoms with Crippen LogP contribution >= 0.6 is 0 Å². The molecule has 0 saturated carbocycles. The molecule has 0 fully saturated rings. The van der Waals surface area contributed by atoms with Gasteiger partial charge in [0.25, 0.3) is 0 Å². The standard InChI is InChI=1S/C42H32N4O2/c1-48-42(47)39-30-43-40(31-22-26-37(27-23-31)45(33-14-6-2-7-15-33)34-16-8-3-9-17-34)41(44-39)32-24-28-38(29-25-32)46(35-18-10-4-11-19-35)36-20-12-5-13-21-36/h2-30H,1H3. The van der Waals surface area contributed by atoms with E-state index >= 15 is 0 Å². The van der Waals surface area contributed by atoms with Gasteiger partial charge >= 0.3 is 5.97 Å². The quantitative estimate of drug-likeness (QED) is 0.149. The number of benzene rings is 6. The van der Waals surface area contributed by atoms with Crippen molar-refractivity contribution in [3.8, 4) is 22.5 Å². The van der Waals surface area contributed by atoms with Crippen LogP contribution in [-0.2, 0) is 4.74 Å².